The van der Waals surface area contributed by atoms with E-state index in [4.69, 9.17) is 25.8 Å². The quantitative estimate of drug-likeness (QED) is 0.240. The van der Waals surface area contributed by atoms with Crippen molar-refractivity contribution in [1.82, 2.24) is 4.31 Å². The lowest BCUT2D eigenvalue weighted by Gasteiger charge is -2.23. The van der Waals surface area contributed by atoms with Gasteiger partial charge in [0.1, 0.15) is 5.75 Å². The van der Waals surface area contributed by atoms with Crippen LogP contribution in [0.2, 0.25) is 5.02 Å². The van der Waals surface area contributed by atoms with Gasteiger partial charge in [-0.25, -0.2) is 8.42 Å². The highest BCUT2D eigenvalue weighted by molar-refractivity contribution is 7.89. The molecule has 1 amide bonds. The van der Waals surface area contributed by atoms with E-state index in [0.717, 1.165) is 4.31 Å². The number of anilines is 1. The molecular weight excluding hydrogens is 540 g/mol. The van der Waals surface area contributed by atoms with E-state index >= 15 is 0 Å². The molecule has 0 aromatic heterocycles. The second-order valence-electron chi connectivity index (χ2n) is 8.38. The Morgan fingerprint density at radius 1 is 0.821 bits per heavy atom. The van der Waals surface area contributed by atoms with E-state index in [1.807, 2.05) is 24.3 Å². The number of para-hydroxylation sites is 1. The van der Waals surface area contributed by atoms with Crippen LogP contribution in [0.5, 0.6) is 23.0 Å². The van der Waals surface area contributed by atoms with Crippen LogP contribution in [0.3, 0.4) is 0 Å². The van der Waals surface area contributed by atoms with Crippen molar-refractivity contribution < 1.29 is 27.4 Å². The fourth-order valence-corrected chi connectivity index (χ4v) is 5.37. The SMILES string of the molecule is COc1ccc(S(=O)(=O)N(CC(=O)Nc2cc(Cl)ccc2Oc2ccccc2)Cc2ccccc2)cc1OC. The fourth-order valence-electron chi connectivity index (χ4n) is 3.79. The summed E-state index contributed by atoms with van der Waals surface area (Å²) >= 11 is 6.19. The molecule has 0 bridgehead atoms. The van der Waals surface area contributed by atoms with E-state index in [1.54, 1.807) is 54.6 Å². The van der Waals surface area contributed by atoms with Crippen molar-refractivity contribution in [2.45, 2.75) is 11.4 Å². The van der Waals surface area contributed by atoms with E-state index in [0.29, 0.717) is 33.5 Å². The molecule has 1 N–H and O–H groups in total. The molecule has 4 aromatic rings. The standard InChI is InChI=1S/C29H27ClN2O6S/c1-36-27-16-14-24(18-28(27)37-2)39(34,35)32(19-21-9-5-3-6-10-21)20-29(33)31-25-17-22(30)13-15-26(25)38-23-11-7-4-8-12-23/h3-18H,19-20H2,1-2H3,(H,31,33). The van der Waals surface area contributed by atoms with Crippen LogP contribution in [0.25, 0.3) is 0 Å². The highest BCUT2D eigenvalue weighted by Gasteiger charge is 2.28. The molecule has 0 atom stereocenters. The molecule has 0 fully saturated rings. The summed E-state index contributed by atoms with van der Waals surface area (Å²) in [4.78, 5) is 13.2. The molecule has 4 aromatic carbocycles. The predicted molar refractivity (Wildman–Crippen MR) is 150 cm³/mol. The molecule has 0 saturated carbocycles. The number of nitrogens with one attached hydrogen (secondary N) is 1. The molecule has 0 aliphatic carbocycles. The average molecular weight is 567 g/mol. The second-order valence-corrected chi connectivity index (χ2v) is 10.8. The maximum Gasteiger partial charge on any atom is 0.243 e. The summed E-state index contributed by atoms with van der Waals surface area (Å²) in [5, 5.41) is 3.13. The van der Waals surface area contributed by atoms with Gasteiger partial charge in [-0.05, 0) is 48.0 Å². The lowest BCUT2D eigenvalue weighted by Crippen LogP contribution is -2.37. The molecular formula is C29H27ClN2O6S. The van der Waals surface area contributed by atoms with E-state index in [2.05, 4.69) is 5.32 Å². The van der Waals surface area contributed by atoms with Gasteiger partial charge >= 0.3 is 0 Å². The van der Waals surface area contributed by atoms with Gasteiger partial charge in [-0.2, -0.15) is 4.31 Å². The molecule has 8 nitrogen and oxygen atoms in total. The minimum Gasteiger partial charge on any atom is -0.493 e. The summed E-state index contributed by atoms with van der Waals surface area (Å²) in [5.74, 6) is 0.989. The van der Waals surface area contributed by atoms with Gasteiger partial charge in [0.15, 0.2) is 17.2 Å². The number of hydrogen-bond acceptors (Lipinski definition) is 6. The van der Waals surface area contributed by atoms with Crippen LogP contribution in [0.1, 0.15) is 5.56 Å². The topological polar surface area (TPSA) is 94.2 Å². The summed E-state index contributed by atoms with van der Waals surface area (Å²) in [5.41, 5.74) is 1.02. The number of carbonyl (C=O) groups is 1. The number of nitrogens with zero attached hydrogens (tertiary/aromatic N) is 1. The zero-order chi connectivity index (χ0) is 27.8. The van der Waals surface area contributed by atoms with Crippen molar-refractivity contribution in [1.29, 1.82) is 0 Å². The van der Waals surface area contributed by atoms with Gasteiger partial charge in [-0.1, -0.05) is 60.1 Å². The Labute approximate surface area is 232 Å². The third kappa shape index (κ3) is 7.08. The Kier molecular flexibility index (Phi) is 9.08. The van der Waals surface area contributed by atoms with E-state index in [-0.39, 0.29) is 17.2 Å². The van der Waals surface area contributed by atoms with Gasteiger partial charge in [-0.15, -0.1) is 0 Å². The molecule has 0 radical (unpaired) electrons. The molecule has 0 spiro atoms. The molecule has 0 aliphatic heterocycles. The number of halogens is 1. The number of hydrogen-bond donors (Lipinski definition) is 1. The summed E-state index contributed by atoms with van der Waals surface area (Å²) in [7, 11) is -1.25. The van der Waals surface area contributed by atoms with Crippen LogP contribution in [-0.2, 0) is 21.4 Å². The summed E-state index contributed by atoms with van der Waals surface area (Å²) in [6.45, 7) is -0.503. The lowest BCUT2D eigenvalue weighted by atomic mass is 10.2. The van der Waals surface area contributed by atoms with Crippen LogP contribution in [0.4, 0.5) is 5.69 Å². The highest BCUT2D eigenvalue weighted by Crippen LogP contribution is 2.33. The van der Waals surface area contributed by atoms with Crippen molar-refractivity contribution in [3.8, 4) is 23.0 Å². The van der Waals surface area contributed by atoms with Gasteiger partial charge < -0.3 is 19.5 Å². The maximum atomic E-state index is 13.8. The van der Waals surface area contributed by atoms with Crippen LogP contribution >= 0.6 is 11.6 Å². The normalized spacial score (nSPS) is 11.2. The Morgan fingerprint density at radius 2 is 1.46 bits per heavy atom. The van der Waals surface area contributed by atoms with Gasteiger partial charge in [0.2, 0.25) is 15.9 Å². The van der Waals surface area contributed by atoms with Crippen molar-refractivity contribution in [3.05, 3.63) is 108 Å². The summed E-state index contributed by atoms with van der Waals surface area (Å²) in [6, 6.07) is 27.2. The zero-order valence-corrected chi connectivity index (χ0v) is 22.9. The molecule has 4 rings (SSSR count). The number of rotatable bonds is 11. The number of carbonyl (C=O) groups excluding carboxylic acids is 1. The largest absolute Gasteiger partial charge is 0.493 e. The van der Waals surface area contributed by atoms with Gasteiger partial charge in [0.25, 0.3) is 0 Å². The van der Waals surface area contributed by atoms with Crippen LogP contribution in [0, 0.1) is 0 Å². The minimum atomic E-state index is -4.13. The Balaban J connectivity index is 1.63. The average Bonchev–Trinajstić information content (AvgIpc) is 2.94. The molecule has 0 aliphatic rings. The third-order valence-electron chi connectivity index (χ3n) is 5.70. The van der Waals surface area contributed by atoms with Crippen LogP contribution < -0.4 is 19.5 Å². The smallest absolute Gasteiger partial charge is 0.243 e. The van der Waals surface area contributed by atoms with E-state index in [1.165, 1.54) is 32.4 Å². The van der Waals surface area contributed by atoms with Crippen molar-refractivity contribution in [2.24, 2.45) is 0 Å². The number of amides is 1. The Morgan fingerprint density at radius 3 is 2.13 bits per heavy atom. The number of sulfonamides is 1. The third-order valence-corrected chi connectivity index (χ3v) is 7.72. The summed E-state index contributed by atoms with van der Waals surface area (Å²) < 4.78 is 45.1. The lowest BCUT2D eigenvalue weighted by molar-refractivity contribution is -0.116. The maximum absolute atomic E-state index is 13.8. The van der Waals surface area contributed by atoms with Crippen molar-refractivity contribution >= 4 is 33.2 Å². The molecule has 10 heteroatoms. The Bertz CT molecular complexity index is 1530. The second kappa shape index (κ2) is 12.7. The van der Waals surface area contributed by atoms with Gasteiger partial charge in [0, 0.05) is 17.6 Å². The van der Waals surface area contributed by atoms with Crippen LogP contribution in [0.15, 0.2) is 102 Å². The Hall–Kier alpha value is -4.05. The number of ether oxygens (including phenoxy) is 3. The monoisotopic (exact) mass is 566 g/mol. The highest BCUT2D eigenvalue weighted by atomic mass is 35.5. The van der Waals surface area contributed by atoms with E-state index in [9.17, 15) is 13.2 Å². The minimum absolute atomic E-state index is 0.0339. The van der Waals surface area contributed by atoms with E-state index < -0.39 is 22.5 Å². The first-order valence-corrected chi connectivity index (χ1v) is 13.7. The first kappa shape index (κ1) is 28.0. The number of methoxy groups -OCH3 is 2. The fraction of sp³-hybridized carbons (Fsp3) is 0.138. The molecule has 0 heterocycles. The molecule has 39 heavy (non-hydrogen) atoms. The summed E-state index contributed by atoms with van der Waals surface area (Å²) in [6.07, 6.45) is 0. The molecule has 0 saturated heterocycles. The van der Waals surface area contributed by atoms with Crippen molar-refractivity contribution in [2.75, 3.05) is 26.1 Å². The van der Waals surface area contributed by atoms with Crippen LogP contribution in [-0.4, -0.2) is 39.4 Å². The van der Waals surface area contributed by atoms with Gasteiger partial charge in [-0.3, -0.25) is 4.79 Å². The number of benzene rings is 4. The first-order chi connectivity index (χ1) is 18.8. The first-order valence-electron chi connectivity index (χ1n) is 11.9. The predicted octanol–water partition coefficient (Wildman–Crippen LogP) is 5.98. The molecule has 202 valence electrons. The zero-order valence-electron chi connectivity index (χ0n) is 21.3. The van der Waals surface area contributed by atoms with Gasteiger partial charge in [0.05, 0.1) is 31.3 Å². The molecule has 0 unspecified atom stereocenters. The van der Waals surface area contributed by atoms with Crippen molar-refractivity contribution in [3.63, 3.8) is 0 Å².